The molecule has 1 aromatic heterocycles. The number of benzene rings is 1. The molecule has 9 heteroatoms. The summed E-state index contributed by atoms with van der Waals surface area (Å²) in [5, 5.41) is 9.27. The lowest BCUT2D eigenvalue weighted by Crippen LogP contribution is -2.36. The standard InChI is InChI=1S/C18H15F4NO4/c1-8(26-18(21)22)15-5-4-11-12(10-3-2-9(19)6-13(10)20)7-14(17(24)25)23-16(11)27-15/h2-3,6-8,15,18H,4-5H2,1H3,(H,24,25)/t8-,15-/m1/s1. The molecule has 0 fully saturated rings. The zero-order valence-corrected chi connectivity index (χ0v) is 14.1. The number of hydrogen-bond acceptors (Lipinski definition) is 4. The Morgan fingerprint density at radius 1 is 1.30 bits per heavy atom. The first-order valence-corrected chi connectivity index (χ1v) is 8.09. The Morgan fingerprint density at radius 2 is 2.04 bits per heavy atom. The van der Waals surface area contributed by atoms with Crippen molar-refractivity contribution in [2.45, 2.75) is 38.6 Å². The van der Waals surface area contributed by atoms with Gasteiger partial charge in [0.2, 0.25) is 5.88 Å². The van der Waals surface area contributed by atoms with Crippen LogP contribution in [0, 0.1) is 11.6 Å². The van der Waals surface area contributed by atoms with Gasteiger partial charge in [-0.2, -0.15) is 8.78 Å². The summed E-state index contributed by atoms with van der Waals surface area (Å²) in [7, 11) is 0. The Labute approximate surface area is 151 Å². The van der Waals surface area contributed by atoms with Gasteiger partial charge in [0.05, 0.1) is 6.10 Å². The molecule has 0 unspecified atom stereocenters. The van der Waals surface area contributed by atoms with Crippen molar-refractivity contribution in [2.24, 2.45) is 0 Å². The van der Waals surface area contributed by atoms with Crippen LogP contribution in [-0.4, -0.2) is 34.9 Å². The number of aromatic carboxylic acids is 1. The van der Waals surface area contributed by atoms with Gasteiger partial charge in [0.25, 0.3) is 0 Å². The highest BCUT2D eigenvalue weighted by molar-refractivity contribution is 5.88. The molecule has 2 heterocycles. The molecule has 0 amide bonds. The van der Waals surface area contributed by atoms with Crippen LogP contribution in [0.1, 0.15) is 29.4 Å². The molecular weight excluding hydrogens is 370 g/mol. The van der Waals surface area contributed by atoms with E-state index >= 15 is 0 Å². The van der Waals surface area contributed by atoms with E-state index in [0.717, 1.165) is 6.07 Å². The minimum absolute atomic E-state index is 0.00326. The van der Waals surface area contributed by atoms with E-state index in [1.807, 2.05) is 0 Å². The Kier molecular flexibility index (Phi) is 5.31. The predicted molar refractivity (Wildman–Crippen MR) is 85.8 cm³/mol. The predicted octanol–water partition coefficient (Wildman–Crippen LogP) is 4.05. The van der Waals surface area contributed by atoms with Gasteiger partial charge in [0.15, 0.2) is 5.69 Å². The molecule has 0 spiro atoms. The maximum absolute atomic E-state index is 14.2. The summed E-state index contributed by atoms with van der Waals surface area (Å²) < 4.78 is 62.3. The number of carboxylic acids is 1. The van der Waals surface area contributed by atoms with Gasteiger partial charge >= 0.3 is 12.6 Å². The van der Waals surface area contributed by atoms with Gasteiger partial charge in [-0.25, -0.2) is 18.6 Å². The summed E-state index contributed by atoms with van der Waals surface area (Å²) >= 11 is 0. The molecule has 3 rings (SSSR count). The number of aromatic nitrogens is 1. The molecule has 5 nitrogen and oxygen atoms in total. The van der Waals surface area contributed by atoms with Crippen molar-refractivity contribution in [3.05, 3.63) is 47.2 Å². The van der Waals surface area contributed by atoms with Crippen LogP contribution in [0.5, 0.6) is 5.88 Å². The third-order valence-corrected chi connectivity index (χ3v) is 4.31. The number of carbonyl (C=O) groups is 1. The molecule has 0 saturated carbocycles. The van der Waals surface area contributed by atoms with Crippen molar-refractivity contribution in [1.29, 1.82) is 0 Å². The molecule has 2 aromatic rings. The number of nitrogens with zero attached hydrogens (tertiary/aromatic N) is 1. The number of alkyl halides is 2. The first-order valence-electron chi connectivity index (χ1n) is 8.09. The van der Waals surface area contributed by atoms with Gasteiger partial charge in [0.1, 0.15) is 17.7 Å². The van der Waals surface area contributed by atoms with Crippen molar-refractivity contribution in [1.82, 2.24) is 4.98 Å². The summed E-state index contributed by atoms with van der Waals surface area (Å²) in [5.41, 5.74) is 0.217. The highest BCUT2D eigenvalue weighted by Crippen LogP contribution is 2.37. The Balaban J connectivity index is 2.05. The molecule has 0 aliphatic carbocycles. The molecule has 2 atom stereocenters. The summed E-state index contributed by atoms with van der Waals surface area (Å²) in [4.78, 5) is 15.3. The highest BCUT2D eigenvalue weighted by Gasteiger charge is 2.31. The van der Waals surface area contributed by atoms with Crippen molar-refractivity contribution < 1.29 is 36.9 Å². The van der Waals surface area contributed by atoms with Gasteiger partial charge in [-0.3, -0.25) is 0 Å². The number of fused-ring (bicyclic) bond motifs is 1. The highest BCUT2D eigenvalue weighted by atomic mass is 19.3. The number of rotatable bonds is 5. The third-order valence-electron chi connectivity index (χ3n) is 4.31. The number of halogens is 4. The van der Waals surface area contributed by atoms with E-state index in [0.29, 0.717) is 11.6 Å². The second kappa shape index (κ2) is 7.51. The SMILES string of the molecule is C[C@@H](OC(F)F)[C@H]1CCc2c(-c3ccc(F)cc3F)cc(C(=O)O)nc2O1. The molecule has 1 N–H and O–H groups in total. The van der Waals surface area contributed by atoms with Crippen molar-refractivity contribution in [2.75, 3.05) is 0 Å². The van der Waals surface area contributed by atoms with Gasteiger partial charge in [-0.15, -0.1) is 0 Å². The fourth-order valence-electron chi connectivity index (χ4n) is 3.01. The quantitative estimate of drug-likeness (QED) is 0.787. The summed E-state index contributed by atoms with van der Waals surface area (Å²) in [6, 6.07) is 4.12. The van der Waals surface area contributed by atoms with Gasteiger partial charge in [-0.05, 0) is 43.5 Å². The van der Waals surface area contributed by atoms with E-state index in [2.05, 4.69) is 9.72 Å². The minimum Gasteiger partial charge on any atom is -0.477 e. The van der Waals surface area contributed by atoms with E-state index in [9.17, 15) is 27.5 Å². The van der Waals surface area contributed by atoms with Crippen molar-refractivity contribution in [3.63, 3.8) is 0 Å². The molecule has 0 radical (unpaired) electrons. The van der Waals surface area contributed by atoms with Crippen molar-refractivity contribution >= 4 is 5.97 Å². The van der Waals surface area contributed by atoms with E-state index in [1.54, 1.807) is 0 Å². The van der Waals surface area contributed by atoms with E-state index in [1.165, 1.54) is 19.1 Å². The van der Waals surface area contributed by atoms with Crippen LogP contribution in [-0.2, 0) is 11.2 Å². The number of ether oxygens (including phenoxy) is 2. The maximum atomic E-state index is 14.2. The molecule has 1 aliphatic rings. The lowest BCUT2D eigenvalue weighted by molar-refractivity contribution is -0.180. The average Bonchev–Trinajstić information content (AvgIpc) is 2.59. The van der Waals surface area contributed by atoms with Crippen LogP contribution in [0.4, 0.5) is 17.6 Å². The smallest absolute Gasteiger partial charge is 0.354 e. The fourth-order valence-corrected chi connectivity index (χ4v) is 3.01. The second-order valence-electron chi connectivity index (χ2n) is 6.06. The van der Waals surface area contributed by atoms with Gasteiger partial charge in [-0.1, -0.05) is 0 Å². The Bertz CT molecular complexity index is 875. The molecule has 27 heavy (non-hydrogen) atoms. The maximum Gasteiger partial charge on any atom is 0.354 e. The van der Waals surface area contributed by atoms with Gasteiger partial charge in [0, 0.05) is 17.2 Å². The lowest BCUT2D eigenvalue weighted by atomic mass is 9.93. The van der Waals surface area contributed by atoms with Crippen LogP contribution in [0.2, 0.25) is 0 Å². The zero-order chi connectivity index (χ0) is 19.7. The fraction of sp³-hybridized carbons (Fsp3) is 0.333. The minimum atomic E-state index is -2.98. The number of carboxylic acid groups (broad SMARTS) is 1. The molecule has 0 bridgehead atoms. The topological polar surface area (TPSA) is 68.7 Å². The van der Waals surface area contributed by atoms with Crippen LogP contribution in [0.3, 0.4) is 0 Å². The second-order valence-corrected chi connectivity index (χ2v) is 6.06. The Morgan fingerprint density at radius 3 is 2.67 bits per heavy atom. The van der Waals surface area contributed by atoms with E-state index in [4.69, 9.17) is 4.74 Å². The molecule has 1 aliphatic heterocycles. The largest absolute Gasteiger partial charge is 0.477 e. The van der Waals surface area contributed by atoms with Crippen LogP contribution < -0.4 is 4.74 Å². The Hall–Kier alpha value is -2.68. The normalized spacial score (nSPS) is 17.3. The monoisotopic (exact) mass is 385 g/mol. The van der Waals surface area contributed by atoms with E-state index < -0.39 is 42.1 Å². The first-order chi connectivity index (χ1) is 12.8. The van der Waals surface area contributed by atoms with E-state index in [-0.39, 0.29) is 29.8 Å². The third kappa shape index (κ3) is 4.02. The molecule has 0 saturated heterocycles. The number of pyridine rings is 1. The lowest BCUT2D eigenvalue weighted by Gasteiger charge is -2.30. The molecule has 144 valence electrons. The van der Waals surface area contributed by atoms with Crippen LogP contribution in [0.15, 0.2) is 24.3 Å². The number of hydrogen-bond donors (Lipinski definition) is 1. The van der Waals surface area contributed by atoms with Crippen LogP contribution >= 0.6 is 0 Å². The van der Waals surface area contributed by atoms with Gasteiger partial charge < -0.3 is 14.6 Å². The summed E-state index contributed by atoms with van der Waals surface area (Å²) in [6.07, 6.45) is -1.17. The summed E-state index contributed by atoms with van der Waals surface area (Å²) in [6.45, 7) is -1.57. The van der Waals surface area contributed by atoms with Crippen LogP contribution in [0.25, 0.3) is 11.1 Å². The first kappa shape index (κ1) is 19.1. The average molecular weight is 385 g/mol. The summed E-state index contributed by atoms with van der Waals surface area (Å²) in [5.74, 6) is -3.10. The molecular formula is C18H15F4NO4. The zero-order valence-electron chi connectivity index (χ0n) is 14.1. The molecule has 1 aromatic carbocycles. The van der Waals surface area contributed by atoms with Crippen molar-refractivity contribution in [3.8, 4) is 17.0 Å².